The molecule has 1 amide bonds. The SMILES string of the molecule is CCCNCc1ccc(OC)c(C2(N3CCCC3c3ncco3)C(=O)N(S(=O)(=O)c3ccc(OC)cc3)c3ccc(C#N)cc32)c1. The van der Waals surface area contributed by atoms with Gasteiger partial charge in [0.15, 0.2) is 5.54 Å². The van der Waals surface area contributed by atoms with Crippen LogP contribution in [0.15, 0.2) is 82.4 Å². The number of likely N-dealkylation sites (tertiary alicyclic amines) is 1. The largest absolute Gasteiger partial charge is 0.497 e. The Balaban J connectivity index is 1.66. The first-order valence-corrected chi connectivity index (χ1v) is 16.6. The van der Waals surface area contributed by atoms with Crippen molar-refractivity contribution < 1.29 is 27.1 Å². The van der Waals surface area contributed by atoms with E-state index in [0.717, 1.165) is 22.8 Å². The average Bonchev–Trinajstić information content (AvgIpc) is 3.83. The molecule has 0 radical (unpaired) electrons. The summed E-state index contributed by atoms with van der Waals surface area (Å²) in [6.45, 7) is 3.83. The standard InChI is InChI=1S/C34H35N5O6S/c1-4-15-36-22-24-8-14-31(44-3)28(20-24)34(38-17-5-6-30(38)32-37-16-18-45-32)27-19-23(21-35)7-13-29(27)39(33(34)40)46(41,42)26-11-9-25(43-2)10-12-26/h7-14,16,18-20,30,36H,4-6,15,17,22H2,1-3H3. The van der Waals surface area contributed by atoms with Crippen molar-refractivity contribution in [2.24, 2.45) is 0 Å². The number of aromatic nitrogens is 1. The Bertz CT molecular complexity index is 1890. The molecule has 2 unspecified atom stereocenters. The summed E-state index contributed by atoms with van der Waals surface area (Å²) in [5.74, 6) is 0.592. The number of sulfonamides is 1. The highest BCUT2D eigenvalue weighted by atomic mass is 32.2. The maximum absolute atomic E-state index is 15.4. The summed E-state index contributed by atoms with van der Waals surface area (Å²) in [4.78, 5) is 21.8. The molecule has 2 aliphatic heterocycles. The number of anilines is 1. The third-order valence-electron chi connectivity index (χ3n) is 8.66. The van der Waals surface area contributed by atoms with Crippen molar-refractivity contribution in [2.45, 2.75) is 49.2 Å². The van der Waals surface area contributed by atoms with Gasteiger partial charge in [-0.25, -0.2) is 17.7 Å². The molecule has 1 aromatic heterocycles. The number of carbonyl (C=O) groups excluding carboxylic acids is 1. The zero-order valence-electron chi connectivity index (χ0n) is 25.9. The van der Waals surface area contributed by atoms with E-state index in [-0.39, 0.29) is 16.1 Å². The second-order valence-corrected chi connectivity index (χ2v) is 13.0. The van der Waals surface area contributed by atoms with Crippen LogP contribution in [0.1, 0.15) is 60.4 Å². The van der Waals surface area contributed by atoms with E-state index in [1.807, 2.05) is 17.0 Å². The molecule has 0 saturated carbocycles. The molecule has 4 aromatic rings. The summed E-state index contributed by atoms with van der Waals surface area (Å²) in [6, 6.07) is 17.9. The lowest BCUT2D eigenvalue weighted by molar-refractivity contribution is -0.127. The molecule has 46 heavy (non-hydrogen) atoms. The van der Waals surface area contributed by atoms with E-state index < -0.39 is 27.5 Å². The summed E-state index contributed by atoms with van der Waals surface area (Å²) >= 11 is 0. The van der Waals surface area contributed by atoms with E-state index in [2.05, 4.69) is 23.3 Å². The summed E-state index contributed by atoms with van der Waals surface area (Å²) < 4.78 is 46.8. The molecule has 6 rings (SSSR count). The van der Waals surface area contributed by atoms with E-state index in [0.29, 0.717) is 54.4 Å². The van der Waals surface area contributed by atoms with Crippen molar-refractivity contribution in [1.29, 1.82) is 5.26 Å². The Kier molecular flexibility index (Phi) is 8.57. The zero-order valence-corrected chi connectivity index (χ0v) is 26.7. The van der Waals surface area contributed by atoms with Crippen molar-refractivity contribution in [3.63, 3.8) is 0 Å². The van der Waals surface area contributed by atoms with E-state index >= 15 is 4.79 Å². The molecule has 0 spiro atoms. The van der Waals surface area contributed by atoms with Gasteiger partial charge in [-0.05, 0) is 86.0 Å². The van der Waals surface area contributed by atoms with Gasteiger partial charge in [0.2, 0.25) is 5.89 Å². The van der Waals surface area contributed by atoms with Crippen LogP contribution in [-0.2, 0) is 26.9 Å². The van der Waals surface area contributed by atoms with Crippen LogP contribution in [-0.4, -0.2) is 51.5 Å². The number of carbonyl (C=O) groups is 1. The third-order valence-corrected chi connectivity index (χ3v) is 10.4. The van der Waals surface area contributed by atoms with Gasteiger partial charge in [-0.15, -0.1) is 0 Å². The smallest absolute Gasteiger partial charge is 0.271 e. The highest BCUT2D eigenvalue weighted by Gasteiger charge is 2.62. The van der Waals surface area contributed by atoms with Crippen molar-refractivity contribution in [2.75, 3.05) is 31.6 Å². The lowest BCUT2D eigenvalue weighted by Crippen LogP contribution is -2.54. The quantitative estimate of drug-likeness (QED) is 0.226. The Morgan fingerprint density at radius 3 is 2.57 bits per heavy atom. The van der Waals surface area contributed by atoms with E-state index in [9.17, 15) is 13.7 Å². The zero-order chi connectivity index (χ0) is 32.5. The number of hydrogen-bond acceptors (Lipinski definition) is 10. The minimum atomic E-state index is -4.45. The van der Waals surface area contributed by atoms with E-state index in [1.54, 1.807) is 18.3 Å². The highest BCUT2D eigenvalue weighted by Crippen LogP contribution is 2.56. The lowest BCUT2D eigenvalue weighted by Gasteiger charge is -2.41. The Labute approximate surface area is 268 Å². The van der Waals surface area contributed by atoms with Crippen LogP contribution < -0.4 is 19.1 Å². The first-order valence-electron chi connectivity index (χ1n) is 15.1. The second-order valence-electron chi connectivity index (χ2n) is 11.2. The summed E-state index contributed by atoms with van der Waals surface area (Å²) in [5.41, 5.74) is 0.448. The van der Waals surface area contributed by atoms with Gasteiger partial charge >= 0.3 is 0 Å². The summed E-state index contributed by atoms with van der Waals surface area (Å²) in [6.07, 6.45) is 5.30. The van der Waals surface area contributed by atoms with Crippen molar-refractivity contribution in [1.82, 2.24) is 15.2 Å². The molecular formula is C34H35N5O6S. The minimum absolute atomic E-state index is 0.0806. The predicted molar refractivity (Wildman–Crippen MR) is 170 cm³/mol. The molecule has 0 bridgehead atoms. The fraction of sp³-hybridized carbons (Fsp3) is 0.324. The van der Waals surface area contributed by atoms with Gasteiger partial charge in [0.05, 0.1) is 48.7 Å². The molecular weight excluding hydrogens is 606 g/mol. The summed E-state index contributed by atoms with van der Waals surface area (Å²) in [7, 11) is -1.43. The highest BCUT2D eigenvalue weighted by molar-refractivity contribution is 7.93. The Morgan fingerprint density at radius 1 is 1.09 bits per heavy atom. The van der Waals surface area contributed by atoms with Crippen LogP contribution in [0.25, 0.3) is 0 Å². The number of rotatable bonds is 11. The number of amides is 1. The molecule has 1 fully saturated rings. The first-order chi connectivity index (χ1) is 22.3. The van der Waals surface area contributed by atoms with Gasteiger partial charge in [0.25, 0.3) is 15.9 Å². The van der Waals surface area contributed by atoms with Crippen LogP contribution in [0.3, 0.4) is 0 Å². The first kappa shape index (κ1) is 31.3. The fourth-order valence-electron chi connectivity index (χ4n) is 6.61. The lowest BCUT2D eigenvalue weighted by atomic mass is 9.79. The topological polar surface area (TPSA) is 138 Å². The minimum Gasteiger partial charge on any atom is -0.497 e. The van der Waals surface area contributed by atoms with E-state index in [4.69, 9.17) is 13.9 Å². The normalized spacial score (nSPS) is 19.7. The van der Waals surface area contributed by atoms with Gasteiger partial charge < -0.3 is 19.2 Å². The summed E-state index contributed by atoms with van der Waals surface area (Å²) in [5, 5.41) is 13.4. The molecule has 0 aliphatic carbocycles. The van der Waals surface area contributed by atoms with Gasteiger partial charge in [-0.3, -0.25) is 9.69 Å². The number of benzene rings is 3. The molecule has 238 valence electrons. The molecule has 1 N–H and O–H groups in total. The number of ether oxygens (including phenoxy) is 2. The molecule has 3 heterocycles. The number of nitrogens with zero attached hydrogens (tertiary/aromatic N) is 4. The number of nitriles is 1. The van der Waals surface area contributed by atoms with Crippen molar-refractivity contribution in [3.05, 3.63) is 101 Å². The number of fused-ring (bicyclic) bond motifs is 1. The molecule has 11 nitrogen and oxygen atoms in total. The van der Waals surface area contributed by atoms with Gasteiger partial charge in [0.1, 0.15) is 17.8 Å². The monoisotopic (exact) mass is 641 g/mol. The molecule has 3 aromatic carbocycles. The molecule has 2 atom stereocenters. The van der Waals surface area contributed by atoms with E-state index in [1.165, 1.54) is 56.9 Å². The van der Waals surface area contributed by atoms with Crippen LogP contribution in [0.2, 0.25) is 0 Å². The predicted octanol–water partition coefficient (Wildman–Crippen LogP) is 4.88. The average molecular weight is 642 g/mol. The molecule has 2 aliphatic rings. The second kappa shape index (κ2) is 12.6. The third kappa shape index (κ3) is 5.01. The maximum Gasteiger partial charge on any atom is 0.271 e. The van der Waals surface area contributed by atoms with Crippen LogP contribution in [0.4, 0.5) is 5.69 Å². The fourth-order valence-corrected chi connectivity index (χ4v) is 8.07. The Hall–Kier alpha value is -4.70. The number of nitrogens with one attached hydrogen (secondary N) is 1. The number of hydrogen-bond donors (Lipinski definition) is 1. The van der Waals surface area contributed by atoms with Gasteiger partial charge in [0, 0.05) is 24.2 Å². The van der Waals surface area contributed by atoms with Crippen LogP contribution >= 0.6 is 0 Å². The molecule has 1 saturated heterocycles. The number of methoxy groups -OCH3 is 2. The van der Waals surface area contributed by atoms with Crippen LogP contribution in [0.5, 0.6) is 11.5 Å². The number of oxazole rings is 1. The van der Waals surface area contributed by atoms with Gasteiger partial charge in [-0.2, -0.15) is 5.26 Å². The van der Waals surface area contributed by atoms with Crippen LogP contribution in [0, 0.1) is 11.3 Å². The Morgan fingerprint density at radius 2 is 1.89 bits per heavy atom. The van der Waals surface area contributed by atoms with Crippen molar-refractivity contribution in [3.8, 4) is 17.6 Å². The van der Waals surface area contributed by atoms with Crippen molar-refractivity contribution >= 4 is 21.6 Å². The van der Waals surface area contributed by atoms with Gasteiger partial charge in [-0.1, -0.05) is 13.0 Å². The maximum atomic E-state index is 15.4. The molecule has 12 heteroatoms.